The maximum Gasteiger partial charge on any atom is 0.355 e. The highest BCUT2D eigenvalue weighted by atomic mass is 32.2. The molecule has 0 aliphatic carbocycles. The number of carbonyl (C=O) groups excluding carboxylic acids is 1. The molecule has 0 saturated carbocycles. The first kappa shape index (κ1) is 14.1. The van der Waals surface area contributed by atoms with Crippen LogP contribution >= 0.6 is 0 Å². The normalized spacial score (nSPS) is 20.7. The highest BCUT2D eigenvalue weighted by molar-refractivity contribution is 7.91. The van der Waals surface area contributed by atoms with Gasteiger partial charge in [0.2, 0.25) is 0 Å². The minimum absolute atomic E-state index is 0.0614. The minimum Gasteiger partial charge on any atom is -0.464 e. The predicted molar refractivity (Wildman–Crippen MR) is 77.0 cm³/mol. The van der Waals surface area contributed by atoms with Crippen molar-refractivity contribution in [3.05, 3.63) is 35.9 Å². The van der Waals surface area contributed by atoms with Crippen molar-refractivity contribution in [2.24, 2.45) is 5.92 Å². The van der Waals surface area contributed by atoms with Gasteiger partial charge < -0.3 is 4.74 Å². The van der Waals surface area contributed by atoms with Gasteiger partial charge in [0.15, 0.2) is 9.84 Å². The Labute approximate surface area is 122 Å². The second-order valence-corrected chi connectivity index (χ2v) is 7.54. The molecule has 0 N–H and O–H groups in total. The zero-order valence-electron chi connectivity index (χ0n) is 11.7. The number of hydrogen-bond donors (Lipinski definition) is 0. The van der Waals surface area contributed by atoms with Gasteiger partial charge in [0.05, 0.1) is 30.3 Å². The van der Waals surface area contributed by atoms with Crippen LogP contribution in [0.15, 0.2) is 24.4 Å². The summed E-state index contributed by atoms with van der Waals surface area (Å²) in [5.41, 5.74) is 1.21. The van der Waals surface area contributed by atoms with Gasteiger partial charge in [-0.1, -0.05) is 6.07 Å². The zero-order valence-corrected chi connectivity index (χ0v) is 12.5. The van der Waals surface area contributed by atoms with Crippen molar-refractivity contribution in [3.8, 4) is 0 Å². The van der Waals surface area contributed by atoms with Gasteiger partial charge in [0.1, 0.15) is 11.5 Å². The number of sulfone groups is 1. The zero-order chi connectivity index (χ0) is 15.0. The predicted octanol–water partition coefficient (Wildman–Crippen LogP) is 1.10. The van der Waals surface area contributed by atoms with Gasteiger partial charge in [0, 0.05) is 6.42 Å². The summed E-state index contributed by atoms with van der Waals surface area (Å²) < 4.78 is 29.6. The van der Waals surface area contributed by atoms with Crippen LogP contribution in [0, 0.1) is 5.92 Å². The molecule has 2 aromatic rings. The molecular formula is C14H16N2O4S. The molecule has 0 aromatic carbocycles. The van der Waals surface area contributed by atoms with Gasteiger partial charge in [0.25, 0.3) is 0 Å². The molecule has 1 aliphatic rings. The van der Waals surface area contributed by atoms with Gasteiger partial charge in [-0.25, -0.2) is 18.2 Å². The average molecular weight is 308 g/mol. The van der Waals surface area contributed by atoms with E-state index in [2.05, 4.69) is 4.98 Å². The van der Waals surface area contributed by atoms with E-state index in [0.717, 1.165) is 5.52 Å². The number of esters is 1. The van der Waals surface area contributed by atoms with Crippen LogP contribution in [-0.2, 0) is 21.0 Å². The van der Waals surface area contributed by atoms with E-state index in [9.17, 15) is 13.2 Å². The standard InChI is InChI=1S/C14H16N2O4S/c1-20-14(17)12-4-2-3-11-8-15-13(16(11)12)7-10-5-6-21(18,19)9-10/h2-4,8,10H,5-7,9H2,1H3. The summed E-state index contributed by atoms with van der Waals surface area (Å²) in [5, 5.41) is 0. The van der Waals surface area contributed by atoms with E-state index in [4.69, 9.17) is 4.74 Å². The summed E-state index contributed by atoms with van der Waals surface area (Å²) in [7, 11) is -1.58. The molecule has 3 heterocycles. The Hall–Kier alpha value is -1.89. The number of carbonyl (C=O) groups is 1. The molecule has 112 valence electrons. The second kappa shape index (κ2) is 5.14. The quantitative estimate of drug-likeness (QED) is 0.793. The Balaban J connectivity index is 1.98. The van der Waals surface area contributed by atoms with Crippen LogP contribution in [-0.4, -0.2) is 42.4 Å². The summed E-state index contributed by atoms with van der Waals surface area (Å²) in [6.07, 6.45) is 2.88. The van der Waals surface area contributed by atoms with Crippen molar-refractivity contribution in [1.82, 2.24) is 9.38 Å². The second-order valence-electron chi connectivity index (χ2n) is 5.31. The van der Waals surface area contributed by atoms with E-state index in [0.29, 0.717) is 24.4 Å². The van der Waals surface area contributed by atoms with E-state index < -0.39 is 15.8 Å². The van der Waals surface area contributed by atoms with Crippen molar-refractivity contribution in [3.63, 3.8) is 0 Å². The molecule has 7 heteroatoms. The van der Waals surface area contributed by atoms with Gasteiger partial charge in [-0.15, -0.1) is 0 Å². The van der Waals surface area contributed by atoms with Gasteiger partial charge in [-0.2, -0.15) is 0 Å². The largest absolute Gasteiger partial charge is 0.464 e. The Morgan fingerprint density at radius 3 is 2.95 bits per heavy atom. The number of methoxy groups -OCH3 is 1. The lowest BCUT2D eigenvalue weighted by Crippen LogP contribution is -2.13. The van der Waals surface area contributed by atoms with Crippen LogP contribution in [0.2, 0.25) is 0 Å². The molecule has 6 nitrogen and oxygen atoms in total. The number of fused-ring (bicyclic) bond motifs is 1. The number of imidazole rings is 1. The highest BCUT2D eigenvalue weighted by Gasteiger charge is 2.29. The first-order chi connectivity index (χ1) is 10.00. The van der Waals surface area contributed by atoms with Crippen LogP contribution in [0.25, 0.3) is 5.52 Å². The van der Waals surface area contributed by atoms with Crippen LogP contribution < -0.4 is 0 Å². The van der Waals surface area contributed by atoms with E-state index in [-0.39, 0.29) is 17.4 Å². The number of pyridine rings is 1. The summed E-state index contributed by atoms with van der Waals surface area (Å²) in [5.74, 6) is 0.769. The van der Waals surface area contributed by atoms with E-state index in [1.54, 1.807) is 22.7 Å². The Morgan fingerprint density at radius 2 is 2.29 bits per heavy atom. The number of nitrogens with zero attached hydrogens (tertiary/aromatic N) is 2. The Bertz CT molecular complexity index is 794. The molecule has 0 radical (unpaired) electrons. The first-order valence-electron chi connectivity index (χ1n) is 6.74. The molecule has 0 spiro atoms. The topological polar surface area (TPSA) is 77.7 Å². The fraction of sp³-hybridized carbons (Fsp3) is 0.429. The molecule has 1 aliphatic heterocycles. The maximum atomic E-state index is 11.9. The lowest BCUT2D eigenvalue weighted by Gasteiger charge is -2.09. The fourth-order valence-corrected chi connectivity index (χ4v) is 4.67. The summed E-state index contributed by atoms with van der Waals surface area (Å²) in [6, 6.07) is 5.30. The van der Waals surface area contributed by atoms with E-state index in [1.807, 2.05) is 6.07 Å². The monoisotopic (exact) mass is 308 g/mol. The van der Waals surface area contributed by atoms with Gasteiger partial charge in [-0.3, -0.25) is 4.40 Å². The number of aromatic nitrogens is 2. The van der Waals surface area contributed by atoms with Crippen LogP contribution in [0.3, 0.4) is 0 Å². The third-order valence-corrected chi connectivity index (χ3v) is 5.65. The van der Waals surface area contributed by atoms with Crippen molar-refractivity contribution in [2.45, 2.75) is 12.8 Å². The lowest BCUT2D eigenvalue weighted by atomic mass is 10.1. The van der Waals surface area contributed by atoms with Crippen molar-refractivity contribution in [2.75, 3.05) is 18.6 Å². The van der Waals surface area contributed by atoms with Crippen LogP contribution in [0.5, 0.6) is 0 Å². The molecule has 21 heavy (non-hydrogen) atoms. The summed E-state index contributed by atoms with van der Waals surface area (Å²) in [4.78, 5) is 16.2. The first-order valence-corrected chi connectivity index (χ1v) is 8.56. The summed E-state index contributed by atoms with van der Waals surface area (Å²) >= 11 is 0. The summed E-state index contributed by atoms with van der Waals surface area (Å²) in [6.45, 7) is 0. The molecule has 1 saturated heterocycles. The Morgan fingerprint density at radius 1 is 1.48 bits per heavy atom. The van der Waals surface area contributed by atoms with Crippen molar-refractivity contribution < 1.29 is 17.9 Å². The minimum atomic E-state index is -2.91. The van der Waals surface area contributed by atoms with Crippen molar-refractivity contribution >= 4 is 21.3 Å². The highest BCUT2D eigenvalue weighted by Crippen LogP contribution is 2.23. The maximum absolute atomic E-state index is 11.9. The smallest absolute Gasteiger partial charge is 0.355 e. The Kier molecular flexibility index (Phi) is 3.44. The molecule has 1 unspecified atom stereocenters. The SMILES string of the molecule is COC(=O)c1cccc2cnc(CC3CCS(=O)(=O)C3)n12. The van der Waals surface area contributed by atoms with Crippen molar-refractivity contribution in [1.29, 1.82) is 0 Å². The molecule has 3 rings (SSSR count). The molecule has 0 amide bonds. The van der Waals surface area contributed by atoms with Crippen LogP contribution in [0.1, 0.15) is 22.7 Å². The van der Waals surface area contributed by atoms with Gasteiger partial charge >= 0.3 is 5.97 Å². The molecule has 0 bridgehead atoms. The average Bonchev–Trinajstić information content (AvgIpc) is 3.02. The third-order valence-electron chi connectivity index (χ3n) is 3.82. The van der Waals surface area contributed by atoms with Gasteiger partial charge in [-0.05, 0) is 24.5 Å². The lowest BCUT2D eigenvalue weighted by molar-refractivity contribution is 0.0592. The third kappa shape index (κ3) is 2.65. The molecule has 2 aromatic heterocycles. The van der Waals surface area contributed by atoms with Crippen LogP contribution in [0.4, 0.5) is 0 Å². The van der Waals surface area contributed by atoms with E-state index >= 15 is 0 Å². The number of hydrogen-bond acceptors (Lipinski definition) is 5. The number of rotatable bonds is 3. The number of ether oxygens (including phenoxy) is 1. The molecule has 1 fully saturated rings. The van der Waals surface area contributed by atoms with E-state index in [1.165, 1.54) is 7.11 Å². The fourth-order valence-electron chi connectivity index (χ4n) is 2.81. The molecule has 1 atom stereocenters. The molecular weight excluding hydrogens is 292 g/mol.